The third-order valence-electron chi connectivity index (χ3n) is 6.30. The average Bonchev–Trinajstić information content (AvgIpc) is 3.23. The molecular formula is C27H31N3O6S. The smallest absolute Gasteiger partial charge is 0.287 e. The predicted octanol–water partition coefficient (Wildman–Crippen LogP) is 3.12. The van der Waals surface area contributed by atoms with Crippen LogP contribution in [0, 0.1) is 5.92 Å². The number of para-hydroxylation sites is 1. The molecule has 1 aliphatic rings. The number of hydrogen-bond acceptors (Lipinski definition) is 6. The van der Waals surface area contributed by atoms with E-state index < -0.39 is 39.7 Å². The minimum Gasteiger partial charge on any atom is -0.451 e. The highest BCUT2D eigenvalue weighted by Crippen LogP contribution is 2.21. The molecule has 0 spiro atoms. The van der Waals surface area contributed by atoms with Crippen molar-refractivity contribution < 1.29 is 27.2 Å². The van der Waals surface area contributed by atoms with E-state index in [1.807, 2.05) is 26.0 Å². The Morgan fingerprint density at radius 3 is 2.49 bits per heavy atom. The zero-order chi connectivity index (χ0) is 26.6. The molecule has 1 fully saturated rings. The van der Waals surface area contributed by atoms with Gasteiger partial charge in [-0.15, -0.1) is 0 Å². The van der Waals surface area contributed by atoms with Crippen LogP contribution in [0.2, 0.25) is 0 Å². The Balaban J connectivity index is 1.44. The second-order valence-corrected chi connectivity index (χ2v) is 11.6. The number of carbonyl (C=O) groups is 3. The Kier molecular flexibility index (Phi) is 8.09. The van der Waals surface area contributed by atoms with Gasteiger partial charge in [0, 0.05) is 11.9 Å². The van der Waals surface area contributed by atoms with Crippen molar-refractivity contribution >= 4 is 38.6 Å². The first-order chi connectivity index (χ1) is 17.6. The Morgan fingerprint density at radius 1 is 1.08 bits per heavy atom. The standard InChI is InChI=1S/C27H31N3O6S/c1-18(2)15-22(29-27(33)25-16-19-9-6-7-13-24(19)36-25)26(32)28-21-12-8-14-30(17-23(21)31)37(34,35)20-10-4-3-5-11-20/h3-7,9-11,13,16,18,21-22H,8,12,14-15,17H2,1-2H3,(H,28,32)(H,29,33)/t21?,22-/m0/s1. The lowest BCUT2D eigenvalue weighted by Gasteiger charge is -2.23. The summed E-state index contributed by atoms with van der Waals surface area (Å²) in [6.45, 7) is 3.70. The Morgan fingerprint density at radius 2 is 1.78 bits per heavy atom. The van der Waals surface area contributed by atoms with Gasteiger partial charge in [-0.1, -0.05) is 50.2 Å². The monoisotopic (exact) mass is 525 g/mol. The molecule has 2 aromatic carbocycles. The molecule has 10 heteroatoms. The van der Waals surface area contributed by atoms with Gasteiger partial charge in [-0.2, -0.15) is 4.31 Å². The average molecular weight is 526 g/mol. The first-order valence-electron chi connectivity index (χ1n) is 12.3. The Hall–Kier alpha value is -3.50. The maximum atomic E-state index is 13.2. The molecule has 2 amide bonds. The fraction of sp³-hybridized carbons (Fsp3) is 0.370. The lowest BCUT2D eigenvalue weighted by atomic mass is 10.0. The molecule has 1 unspecified atom stereocenters. The number of nitrogens with one attached hydrogen (secondary N) is 2. The van der Waals surface area contributed by atoms with Crippen LogP contribution in [-0.4, -0.2) is 55.5 Å². The van der Waals surface area contributed by atoms with Gasteiger partial charge in [0.25, 0.3) is 5.91 Å². The van der Waals surface area contributed by atoms with Crippen molar-refractivity contribution in [3.05, 3.63) is 66.4 Å². The molecule has 4 rings (SSSR count). The number of nitrogens with zero attached hydrogens (tertiary/aromatic N) is 1. The molecule has 1 saturated heterocycles. The number of furan rings is 1. The largest absolute Gasteiger partial charge is 0.451 e. The van der Waals surface area contributed by atoms with Crippen molar-refractivity contribution in [1.82, 2.24) is 14.9 Å². The Bertz CT molecular complexity index is 1350. The number of hydrogen-bond donors (Lipinski definition) is 2. The molecule has 2 atom stereocenters. The lowest BCUT2D eigenvalue weighted by Crippen LogP contribution is -2.52. The fourth-order valence-corrected chi connectivity index (χ4v) is 5.86. The predicted molar refractivity (Wildman–Crippen MR) is 138 cm³/mol. The van der Waals surface area contributed by atoms with Crippen LogP contribution in [0.5, 0.6) is 0 Å². The van der Waals surface area contributed by atoms with E-state index in [9.17, 15) is 22.8 Å². The van der Waals surface area contributed by atoms with Gasteiger partial charge >= 0.3 is 0 Å². The van der Waals surface area contributed by atoms with Crippen LogP contribution in [0.1, 0.15) is 43.7 Å². The van der Waals surface area contributed by atoms with Gasteiger partial charge in [0.1, 0.15) is 11.6 Å². The molecule has 0 bridgehead atoms. The summed E-state index contributed by atoms with van der Waals surface area (Å²) in [5, 5.41) is 6.27. The zero-order valence-electron chi connectivity index (χ0n) is 20.8. The third kappa shape index (κ3) is 6.26. The van der Waals surface area contributed by atoms with Crippen LogP contribution >= 0.6 is 0 Å². The maximum Gasteiger partial charge on any atom is 0.287 e. The van der Waals surface area contributed by atoms with Gasteiger partial charge in [-0.25, -0.2) is 8.42 Å². The van der Waals surface area contributed by atoms with Crippen LogP contribution in [0.15, 0.2) is 70.0 Å². The van der Waals surface area contributed by atoms with E-state index in [1.54, 1.807) is 36.4 Å². The number of fused-ring (bicyclic) bond motifs is 1. The quantitative estimate of drug-likeness (QED) is 0.466. The summed E-state index contributed by atoms with van der Waals surface area (Å²) in [5.74, 6) is -1.23. The van der Waals surface area contributed by atoms with Crippen molar-refractivity contribution in [2.45, 2.75) is 50.1 Å². The van der Waals surface area contributed by atoms with Crippen molar-refractivity contribution in [3.8, 4) is 0 Å². The van der Waals surface area contributed by atoms with E-state index in [-0.39, 0.29) is 29.7 Å². The molecule has 37 heavy (non-hydrogen) atoms. The summed E-state index contributed by atoms with van der Waals surface area (Å²) >= 11 is 0. The summed E-state index contributed by atoms with van der Waals surface area (Å²) in [6.07, 6.45) is 1.06. The van der Waals surface area contributed by atoms with E-state index >= 15 is 0 Å². The van der Waals surface area contributed by atoms with Crippen LogP contribution in [0.3, 0.4) is 0 Å². The zero-order valence-corrected chi connectivity index (χ0v) is 21.7. The van der Waals surface area contributed by atoms with E-state index in [2.05, 4.69) is 10.6 Å². The number of benzene rings is 2. The number of rotatable bonds is 8. The molecule has 2 N–H and O–H groups in total. The maximum absolute atomic E-state index is 13.2. The van der Waals surface area contributed by atoms with Gasteiger partial charge in [0.15, 0.2) is 11.5 Å². The molecule has 1 aliphatic heterocycles. The van der Waals surface area contributed by atoms with Crippen LogP contribution in [0.4, 0.5) is 0 Å². The summed E-state index contributed by atoms with van der Waals surface area (Å²) < 4.78 is 32.8. The highest BCUT2D eigenvalue weighted by atomic mass is 32.2. The molecule has 0 aliphatic carbocycles. The van der Waals surface area contributed by atoms with E-state index in [0.717, 1.165) is 9.69 Å². The highest BCUT2D eigenvalue weighted by Gasteiger charge is 2.34. The fourth-order valence-electron chi connectivity index (χ4n) is 4.39. The van der Waals surface area contributed by atoms with Gasteiger partial charge < -0.3 is 15.1 Å². The van der Waals surface area contributed by atoms with E-state index in [1.165, 1.54) is 12.1 Å². The van der Waals surface area contributed by atoms with Crippen molar-refractivity contribution in [3.63, 3.8) is 0 Å². The van der Waals surface area contributed by atoms with Gasteiger partial charge in [-0.05, 0) is 49.4 Å². The molecular weight excluding hydrogens is 494 g/mol. The number of carbonyl (C=O) groups excluding carboxylic acids is 3. The number of sulfonamides is 1. The van der Waals surface area contributed by atoms with Crippen LogP contribution in [0.25, 0.3) is 11.0 Å². The number of ketones is 1. The molecule has 2 heterocycles. The molecule has 3 aromatic rings. The van der Waals surface area contributed by atoms with Crippen LogP contribution in [-0.2, 0) is 19.6 Å². The normalized spacial score (nSPS) is 17.9. The number of amides is 2. The minimum absolute atomic E-state index is 0.0862. The Labute approximate surface area is 216 Å². The summed E-state index contributed by atoms with van der Waals surface area (Å²) in [5.41, 5.74) is 0.566. The minimum atomic E-state index is -3.83. The SMILES string of the molecule is CC(C)C[C@H](NC(=O)c1cc2ccccc2o1)C(=O)NC1CCCN(S(=O)(=O)c2ccccc2)CC1=O. The highest BCUT2D eigenvalue weighted by molar-refractivity contribution is 7.89. The van der Waals surface area contributed by atoms with Crippen molar-refractivity contribution in [2.24, 2.45) is 5.92 Å². The summed E-state index contributed by atoms with van der Waals surface area (Å²) in [4.78, 5) is 39.2. The van der Waals surface area contributed by atoms with E-state index in [4.69, 9.17) is 4.42 Å². The second-order valence-electron chi connectivity index (χ2n) is 9.63. The topological polar surface area (TPSA) is 126 Å². The summed E-state index contributed by atoms with van der Waals surface area (Å²) in [6, 6.07) is 15.1. The molecule has 0 saturated carbocycles. The molecule has 196 valence electrons. The third-order valence-corrected chi connectivity index (χ3v) is 8.16. The van der Waals surface area contributed by atoms with Crippen LogP contribution < -0.4 is 10.6 Å². The first-order valence-corrected chi connectivity index (χ1v) is 13.8. The molecule has 0 radical (unpaired) electrons. The van der Waals surface area contributed by atoms with Gasteiger partial charge in [0.05, 0.1) is 17.5 Å². The van der Waals surface area contributed by atoms with Gasteiger partial charge in [0.2, 0.25) is 15.9 Å². The summed E-state index contributed by atoms with van der Waals surface area (Å²) in [7, 11) is -3.83. The lowest BCUT2D eigenvalue weighted by molar-refractivity contribution is -0.129. The van der Waals surface area contributed by atoms with Crippen molar-refractivity contribution in [2.75, 3.05) is 13.1 Å². The van der Waals surface area contributed by atoms with Crippen molar-refractivity contribution in [1.29, 1.82) is 0 Å². The molecule has 9 nitrogen and oxygen atoms in total. The second kappa shape index (κ2) is 11.3. The number of Topliss-reactive ketones (excluding diaryl/α,β-unsaturated/α-hetero) is 1. The van der Waals surface area contributed by atoms with E-state index in [0.29, 0.717) is 24.8 Å². The molecule has 1 aromatic heterocycles. The van der Waals surface area contributed by atoms with Gasteiger partial charge in [-0.3, -0.25) is 14.4 Å². The first kappa shape index (κ1) is 26.6.